The summed E-state index contributed by atoms with van der Waals surface area (Å²) in [7, 11) is 0.755. The van der Waals surface area contributed by atoms with E-state index < -0.39 is 0 Å². The molecule has 86 valence electrons. The van der Waals surface area contributed by atoms with E-state index in [0.29, 0.717) is 0 Å². The van der Waals surface area contributed by atoms with Gasteiger partial charge in [-0.3, -0.25) is 4.79 Å². The summed E-state index contributed by atoms with van der Waals surface area (Å²) in [6.07, 6.45) is 6.75. The highest BCUT2D eigenvalue weighted by atomic mass is 31.1. The van der Waals surface area contributed by atoms with E-state index in [4.69, 9.17) is 0 Å². The largest absolute Gasteiger partial charge is 0.361 e. The van der Waals surface area contributed by atoms with Gasteiger partial charge >= 0.3 is 0 Å². The van der Waals surface area contributed by atoms with Gasteiger partial charge in [-0.25, -0.2) is 0 Å². The van der Waals surface area contributed by atoms with Gasteiger partial charge in [-0.15, -0.1) is 0 Å². The molecule has 0 radical (unpaired) electrons. The van der Waals surface area contributed by atoms with Crippen molar-refractivity contribution < 1.29 is 0 Å². The van der Waals surface area contributed by atoms with Gasteiger partial charge in [0.2, 0.25) is 0 Å². The minimum Gasteiger partial charge on any atom is -0.361 e. The highest BCUT2D eigenvalue weighted by Crippen LogP contribution is 2.10. The molecule has 0 aromatic carbocycles. The van der Waals surface area contributed by atoms with E-state index in [1.54, 1.807) is 18.3 Å². The molecule has 0 spiro atoms. The Bertz CT molecular complexity index is 296. The van der Waals surface area contributed by atoms with Gasteiger partial charge in [0, 0.05) is 23.8 Å². The molecule has 0 aliphatic rings. The summed E-state index contributed by atoms with van der Waals surface area (Å²) < 4.78 is 0. The maximum absolute atomic E-state index is 11.0. The summed E-state index contributed by atoms with van der Waals surface area (Å²) in [5.41, 5.74) is 1.19. The summed E-state index contributed by atoms with van der Waals surface area (Å²) in [5, 5.41) is 0. The van der Waals surface area contributed by atoms with E-state index in [-0.39, 0.29) is 5.43 Å². The number of aromatic amines is 1. The number of unbranched alkanes of at least 4 members (excludes halogenated alkanes) is 2. The van der Waals surface area contributed by atoms with Crippen molar-refractivity contribution in [3.63, 3.8) is 0 Å². The molecule has 15 heavy (non-hydrogen) atoms. The van der Waals surface area contributed by atoms with Crippen LogP contribution in [0.2, 0.25) is 0 Å². The average Bonchev–Trinajstić information content (AvgIpc) is 2.27. The Labute approximate surface area is 94.3 Å². The van der Waals surface area contributed by atoms with Crippen molar-refractivity contribution in [2.75, 3.05) is 6.16 Å². The Morgan fingerprint density at radius 3 is 2.67 bits per heavy atom. The molecule has 1 N–H and O–H groups in total. The normalized spacial score (nSPS) is 10.1. The molecule has 0 saturated carbocycles. The third kappa shape index (κ3) is 7.33. The third-order valence-corrected chi connectivity index (χ3v) is 3.14. The van der Waals surface area contributed by atoms with Crippen LogP contribution in [0.5, 0.6) is 0 Å². The summed E-state index contributed by atoms with van der Waals surface area (Å²) in [4.78, 5) is 14.1. The standard InChI is InChI=1S/C10H16NOP.C2H6/c1-2-3-4-7-13-10-8-9(12)5-6-11-10;1-2/h5-6,8,13H,2-4,7H2,1H3,(H,11,12);1-2H3. The lowest BCUT2D eigenvalue weighted by atomic mass is 10.3. The SMILES string of the molecule is CC.CCCCCPc1cc(=O)cc[nH]1. The number of hydrogen-bond acceptors (Lipinski definition) is 1. The van der Waals surface area contributed by atoms with Crippen molar-refractivity contribution in [2.24, 2.45) is 0 Å². The van der Waals surface area contributed by atoms with Crippen LogP contribution in [-0.2, 0) is 0 Å². The van der Waals surface area contributed by atoms with Crippen molar-refractivity contribution in [2.45, 2.75) is 40.0 Å². The number of aromatic nitrogens is 1. The Morgan fingerprint density at radius 2 is 2.07 bits per heavy atom. The van der Waals surface area contributed by atoms with Crippen molar-refractivity contribution in [3.05, 3.63) is 28.6 Å². The minimum atomic E-state index is 0.108. The number of nitrogens with one attached hydrogen (secondary N) is 1. The zero-order valence-electron chi connectivity index (χ0n) is 9.97. The second-order valence-electron chi connectivity index (χ2n) is 3.07. The highest BCUT2D eigenvalue weighted by molar-refractivity contribution is 7.46. The summed E-state index contributed by atoms with van der Waals surface area (Å²) in [6.45, 7) is 6.20. The number of H-pyrrole nitrogens is 1. The van der Waals surface area contributed by atoms with E-state index in [1.165, 1.54) is 25.4 Å². The van der Waals surface area contributed by atoms with Crippen LogP contribution in [0.3, 0.4) is 0 Å². The predicted octanol–water partition coefficient (Wildman–Crippen LogP) is 2.90. The van der Waals surface area contributed by atoms with E-state index in [2.05, 4.69) is 11.9 Å². The highest BCUT2D eigenvalue weighted by Gasteiger charge is 1.93. The van der Waals surface area contributed by atoms with Crippen LogP contribution in [0.4, 0.5) is 0 Å². The molecule has 1 aromatic heterocycles. The second kappa shape index (κ2) is 9.92. The van der Waals surface area contributed by atoms with Gasteiger partial charge in [0.1, 0.15) is 0 Å². The van der Waals surface area contributed by atoms with Crippen LogP contribution in [0.1, 0.15) is 40.0 Å². The lowest BCUT2D eigenvalue weighted by Crippen LogP contribution is -2.09. The first-order valence-corrected chi connectivity index (χ1v) is 6.96. The summed E-state index contributed by atoms with van der Waals surface area (Å²) >= 11 is 0. The molecule has 0 saturated heterocycles. The molecule has 0 fully saturated rings. The molecule has 1 unspecified atom stereocenters. The quantitative estimate of drug-likeness (QED) is 0.609. The molecule has 1 atom stereocenters. The summed E-state index contributed by atoms with van der Waals surface area (Å²) in [6, 6.07) is 3.25. The van der Waals surface area contributed by atoms with Crippen LogP contribution in [0, 0.1) is 0 Å². The van der Waals surface area contributed by atoms with Gasteiger partial charge < -0.3 is 4.98 Å². The Hall–Kier alpha value is -0.620. The van der Waals surface area contributed by atoms with E-state index >= 15 is 0 Å². The molecule has 2 nitrogen and oxygen atoms in total. The molecular weight excluding hydrogens is 205 g/mol. The fourth-order valence-corrected chi connectivity index (χ4v) is 2.27. The van der Waals surface area contributed by atoms with Crippen LogP contribution >= 0.6 is 8.58 Å². The van der Waals surface area contributed by atoms with E-state index in [0.717, 1.165) is 14.0 Å². The van der Waals surface area contributed by atoms with Crippen LogP contribution in [-0.4, -0.2) is 11.1 Å². The van der Waals surface area contributed by atoms with Crippen LogP contribution in [0.15, 0.2) is 23.1 Å². The fourth-order valence-electron chi connectivity index (χ4n) is 1.15. The monoisotopic (exact) mass is 227 g/mol. The lowest BCUT2D eigenvalue weighted by Gasteiger charge is -2.00. The topological polar surface area (TPSA) is 32.9 Å². The van der Waals surface area contributed by atoms with Crippen molar-refractivity contribution in [3.8, 4) is 0 Å². The zero-order valence-corrected chi connectivity index (χ0v) is 11.0. The van der Waals surface area contributed by atoms with Gasteiger partial charge in [-0.2, -0.15) is 0 Å². The first kappa shape index (κ1) is 14.4. The molecule has 1 rings (SSSR count). The molecular formula is C12H22NOP. The van der Waals surface area contributed by atoms with Crippen molar-refractivity contribution in [1.29, 1.82) is 0 Å². The molecule has 0 aliphatic carbocycles. The van der Waals surface area contributed by atoms with Gasteiger partial charge in [0.25, 0.3) is 0 Å². The second-order valence-corrected chi connectivity index (χ2v) is 4.46. The summed E-state index contributed by atoms with van der Waals surface area (Å²) in [5.74, 6) is 0. The molecule has 3 heteroatoms. The number of rotatable bonds is 5. The van der Waals surface area contributed by atoms with Crippen molar-refractivity contribution in [1.82, 2.24) is 4.98 Å². The Balaban J connectivity index is 0.000000921. The lowest BCUT2D eigenvalue weighted by molar-refractivity contribution is 0.778. The third-order valence-electron chi connectivity index (χ3n) is 1.87. The van der Waals surface area contributed by atoms with Gasteiger partial charge in [-0.1, -0.05) is 42.2 Å². The van der Waals surface area contributed by atoms with Gasteiger partial charge in [0.15, 0.2) is 5.43 Å². The minimum absolute atomic E-state index is 0.108. The van der Waals surface area contributed by atoms with Crippen molar-refractivity contribution >= 4 is 14.0 Å². The fraction of sp³-hybridized carbons (Fsp3) is 0.583. The maximum Gasteiger partial charge on any atom is 0.182 e. The zero-order chi connectivity index (χ0) is 11.5. The predicted molar refractivity (Wildman–Crippen MR) is 70.8 cm³/mol. The molecule has 1 heterocycles. The molecule has 1 aromatic rings. The smallest absolute Gasteiger partial charge is 0.182 e. The Morgan fingerprint density at radius 1 is 1.33 bits per heavy atom. The molecule has 0 amide bonds. The number of pyridine rings is 1. The van der Waals surface area contributed by atoms with E-state index in [1.807, 2.05) is 13.8 Å². The number of hydrogen-bond donors (Lipinski definition) is 1. The van der Waals surface area contributed by atoms with Crippen LogP contribution in [0.25, 0.3) is 0 Å². The van der Waals surface area contributed by atoms with Gasteiger partial charge in [0.05, 0.1) is 0 Å². The first-order chi connectivity index (χ1) is 7.33. The molecule has 0 aliphatic heterocycles. The average molecular weight is 227 g/mol. The Kier molecular flexibility index (Phi) is 9.51. The van der Waals surface area contributed by atoms with E-state index in [9.17, 15) is 4.79 Å². The first-order valence-electron chi connectivity index (χ1n) is 5.75. The van der Waals surface area contributed by atoms with Crippen LogP contribution < -0.4 is 10.9 Å². The maximum atomic E-state index is 11.0. The van der Waals surface area contributed by atoms with Gasteiger partial charge in [-0.05, 0) is 12.6 Å². The molecule has 0 bridgehead atoms.